The zero-order valence-corrected chi connectivity index (χ0v) is 11.7. The van der Waals surface area contributed by atoms with Crippen molar-refractivity contribution in [3.8, 4) is 0 Å². The first kappa shape index (κ1) is 13.1. The number of ether oxygens (including phenoxy) is 1. The van der Waals surface area contributed by atoms with Crippen LogP contribution in [0.3, 0.4) is 0 Å². The van der Waals surface area contributed by atoms with Crippen molar-refractivity contribution >= 4 is 0 Å². The Hall–Kier alpha value is -0.900. The molecule has 0 aliphatic carbocycles. The first-order valence-electron chi connectivity index (χ1n) is 7.43. The molecule has 0 radical (unpaired) electrons. The molecule has 2 aliphatic rings. The largest absolute Gasteiger partial charge is 0.372 e. The smallest absolute Gasteiger partial charge is 0.0954 e. The van der Waals surface area contributed by atoms with Gasteiger partial charge in [0.05, 0.1) is 12.7 Å². The predicted molar refractivity (Wildman–Crippen MR) is 77.1 cm³/mol. The van der Waals surface area contributed by atoms with E-state index >= 15 is 0 Å². The summed E-state index contributed by atoms with van der Waals surface area (Å²) >= 11 is 0. The summed E-state index contributed by atoms with van der Waals surface area (Å²) in [4.78, 5) is 2.50. The van der Waals surface area contributed by atoms with Crippen molar-refractivity contribution in [3.05, 3.63) is 35.4 Å². The topological polar surface area (TPSA) is 38.5 Å². The second kappa shape index (κ2) is 5.61. The highest BCUT2D eigenvalue weighted by atomic mass is 16.5. The molecule has 0 bridgehead atoms. The maximum atomic E-state index is 6.10. The van der Waals surface area contributed by atoms with Crippen LogP contribution < -0.4 is 5.73 Å². The van der Waals surface area contributed by atoms with Crippen LogP contribution in [-0.4, -0.2) is 36.7 Å². The fourth-order valence-electron chi connectivity index (χ4n) is 3.31. The fourth-order valence-corrected chi connectivity index (χ4v) is 3.31. The fraction of sp³-hybridized carbons (Fsp3) is 0.625. The maximum Gasteiger partial charge on any atom is 0.0954 e. The highest BCUT2D eigenvalue weighted by Gasteiger charge is 2.28. The molecule has 1 fully saturated rings. The summed E-state index contributed by atoms with van der Waals surface area (Å²) in [5, 5.41) is 0. The van der Waals surface area contributed by atoms with Crippen LogP contribution >= 0.6 is 0 Å². The normalized spacial score (nSPS) is 32.0. The van der Waals surface area contributed by atoms with E-state index in [-0.39, 0.29) is 6.10 Å². The zero-order chi connectivity index (χ0) is 13.2. The first-order valence-corrected chi connectivity index (χ1v) is 7.43. The lowest BCUT2D eigenvalue weighted by Crippen LogP contribution is -2.49. The first-order chi connectivity index (χ1) is 9.24. The quantitative estimate of drug-likeness (QED) is 0.885. The van der Waals surface area contributed by atoms with Gasteiger partial charge < -0.3 is 10.5 Å². The zero-order valence-electron chi connectivity index (χ0n) is 11.7. The number of benzene rings is 1. The minimum atomic E-state index is 0.220. The van der Waals surface area contributed by atoms with E-state index in [1.54, 1.807) is 0 Å². The number of nitrogens with two attached hydrogens (primary N) is 1. The number of rotatable bonds is 2. The molecule has 3 unspecified atom stereocenters. The van der Waals surface area contributed by atoms with Crippen LogP contribution in [0.5, 0.6) is 0 Å². The van der Waals surface area contributed by atoms with E-state index < -0.39 is 0 Å². The van der Waals surface area contributed by atoms with Crippen molar-refractivity contribution in [2.24, 2.45) is 5.73 Å². The van der Waals surface area contributed by atoms with Crippen molar-refractivity contribution in [3.63, 3.8) is 0 Å². The Balaban J connectivity index is 1.73. The highest BCUT2D eigenvalue weighted by Crippen LogP contribution is 2.29. The van der Waals surface area contributed by atoms with E-state index in [0.717, 1.165) is 32.5 Å². The van der Waals surface area contributed by atoms with Gasteiger partial charge in [-0.3, -0.25) is 4.90 Å². The number of hydrogen-bond acceptors (Lipinski definition) is 3. The third-order valence-corrected chi connectivity index (χ3v) is 4.54. The Morgan fingerprint density at radius 2 is 2.16 bits per heavy atom. The summed E-state index contributed by atoms with van der Waals surface area (Å²) in [6.45, 7) is 5.13. The lowest BCUT2D eigenvalue weighted by atomic mass is 9.95. The van der Waals surface area contributed by atoms with E-state index in [1.165, 1.54) is 17.5 Å². The van der Waals surface area contributed by atoms with Crippen LogP contribution in [0.25, 0.3) is 0 Å². The van der Waals surface area contributed by atoms with Crippen LogP contribution in [0.2, 0.25) is 0 Å². The molecule has 3 atom stereocenters. The Bertz CT molecular complexity index is 435. The SMILES string of the molecule is CC1CCC(N)CN1CC1OCCc2ccccc21. The molecule has 3 nitrogen and oxygen atoms in total. The summed E-state index contributed by atoms with van der Waals surface area (Å²) in [7, 11) is 0. The van der Waals surface area contributed by atoms with Gasteiger partial charge in [0.1, 0.15) is 0 Å². The molecule has 0 saturated carbocycles. The van der Waals surface area contributed by atoms with E-state index in [2.05, 4.69) is 36.1 Å². The third-order valence-electron chi connectivity index (χ3n) is 4.54. The second-order valence-corrected chi connectivity index (χ2v) is 5.95. The third kappa shape index (κ3) is 2.83. The van der Waals surface area contributed by atoms with E-state index in [1.807, 2.05) is 0 Å². The summed E-state index contributed by atoms with van der Waals surface area (Å²) in [5.74, 6) is 0. The molecular formula is C16H24N2O. The van der Waals surface area contributed by atoms with Gasteiger partial charge in [-0.25, -0.2) is 0 Å². The average molecular weight is 260 g/mol. The van der Waals surface area contributed by atoms with Gasteiger partial charge in [0.2, 0.25) is 0 Å². The van der Waals surface area contributed by atoms with Gasteiger partial charge in [-0.2, -0.15) is 0 Å². The predicted octanol–water partition coefficient (Wildman–Crippen LogP) is 2.11. The molecule has 19 heavy (non-hydrogen) atoms. The van der Waals surface area contributed by atoms with Crippen LogP contribution in [0.4, 0.5) is 0 Å². The van der Waals surface area contributed by atoms with Crippen LogP contribution in [0, 0.1) is 0 Å². The summed E-state index contributed by atoms with van der Waals surface area (Å²) < 4.78 is 6.01. The number of nitrogens with zero attached hydrogens (tertiary/aromatic N) is 1. The molecule has 2 N–H and O–H groups in total. The standard InChI is InChI=1S/C16H24N2O/c1-12-6-7-14(17)10-18(12)11-16-15-5-3-2-4-13(15)8-9-19-16/h2-5,12,14,16H,6-11,17H2,1H3. The van der Waals surface area contributed by atoms with Gasteiger partial charge in [0.15, 0.2) is 0 Å². The van der Waals surface area contributed by atoms with Crippen molar-refractivity contribution in [2.75, 3.05) is 19.7 Å². The molecule has 104 valence electrons. The summed E-state index contributed by atoms with van der Waals surface area (Å²) in [6.07, 6.45) is 3.62. The van der Waals surface area contributed by atoms with Crippen LogP contribution in [0.1, 0.15) is 37.0 Å². The van der Waals surface area contributed by atoms with Crippen LogP contribution in [-0.2, 0) is 11.2 Å². The molecule has 0 aromatic heterocycles. The monoisotopic (exact) mass is 260 g/mol. The van der Waals surface area contributed by atoms with Gasteiger partial charge in [-0.05, 0) is 37.3 Å². The summed E-state index contributed by atoms with van der Waals surface area (Å²) in [5.41, 5.74) is 8.93. The molecule has 0 spiro atoms. The maximum absolute atomic E-state index is 6.10. The number of piperidine rings is 1. The van der Waals surface area contributed by atoms with Gasteiger partial charge in [0.25, 0.3) is 0 Å². The molecule has 3 heteroatoms. The lowest BCUT2D eigenvalue weighted by Gasteiger charge is -2.39. The molecule has 1 aromatic rings. The van der Waals surface area contributed by atoms with Crippen molar-refractivity contribution in [1.29, 1.82) is 0 Å². The minimum absolute atomic E-state index is 0.220. The van der Waals surface area contributed by atoms with E-state index in [0.29, 0.717) is 12.1 Å². The lowest BCUT2D eigenvalue weighted by molar-refractivity contribution is -0.00111. The molecule has 1 saturated heterocycles. The molecule has 2 aliphatic heterocycles. The molecule has 0 amide bonds. The Morgan fingerprint density at radius 1 is 1.32 bits per heavy atom. The Kier molecular flexibility index (Phi) is 3.87. The van der Waals surface area contributed by atoms with Crippen molar-refractivity contribution in [1.82, 2.24) is 4.90 Å². The van der Waals surface area contributed by atoms with E-state index in [9.17, 15) is 0 Å². The van der Waals surface area contributed by atoms with Gasteiger partial charge in [0, 0.05) is 25.2 Å². The average Bonchev–Trinajstić information content (AvgIpc) is 2.43. The van der Waals surface area contributed by atoms with Gasteiger partial charge >= 0.3 is 0 Å². The molecule has 1 aromatic carbocycles. The second-order valence-electron chi connectivity index (χ2n) is 5.95. The molecular weight excluding hydrogens is 236 g/mol. The molecule has 2 heterocycles. The number of hydrogen-bond donors (Lipinski definition) is 1. The van der Waals surface area contributed by atoms with E-state index in [4.69, 9.17) is 10.5 Å². The van der Waals surface area contributed by atoms with Gasteiger partial charge in [-0.1, -0.05) is 24.3 Å². The Labute approximate surface area is 115 Å². The summed E-state index contributed by atoms with van der Waals surface area (Å²) in [6, 6.07) is 9.64. The Morgan fingerprint density at radius 3 is 3.05 bits per heavy atom. The van der Waals surface area contributed by atoms with Crippen molar-refractivity contribution < 1.29 is 4.74 Å². The van der Waals surface area contributed by atoms with Crippen molar-refractivity contribution in [2.45, 2.75) is 44.4 Å². The minimum Gasteiger partial charge on any atom is -0.372 e. The number of fused-ring (bicyclic) bond motifs is 1. The molecule has 3 rings (SSSR count). The van der Waals surface area contributed by atoms with Gasteiger partial charge in [-0.15, -0.1) is 0 Å². The van der Waals surface area contributed by atoms with Crippen LogP contribution in [0.15, 0.2) is 24.3 Å². The number of likely N-dealkylation sites (tertiary alicyclic amines) is 1. The highest BCUT2D eigenvalue weighted by molar-refractivity contribution is 5.31.